The van der Waals surface area contributed by atoms with E-state index in [1.165, 1.54) is 6.07 Å². The Hall–Kier alpha value is -3.15. The van der Waals surface area contributed by atoms with E-state index in [0.29, 0.717) is 22.2 Å². The van der Waals surface area contributed by atoms with Gasteiger partial charge in [-0.1, -0.05) is 18.2 Å². The fourth-order valence-corrected chi connectivity index (χ4v) is 3.11. The summed E-state index contributed by atoms with van der Waals surface area (Å²) in [5.41, 5.74) is 2.58. The van der Waals surface area contributed by atoms with Crippen LogP contribution < -0.4 is 10.6 Å². The summed E-state index contributed by atoms with van der Waals surface area (Å²) in [6.45, 7) is 7.54. The maximum Gasteiger partial charge on any atom is 0.251 e. The summed E-state index contributed by atoms with van der Waals surface area (Å²) in [6.07, 6.45) is 0.105. The predicted molar refractivity (Wildman–Crippen MR) is 109 cm³/mol. The van der Waals surface area contributed by atoms with Crippen LogP contribution in [0.5, 0.6) is 0 Å². The zero-order valence-electron chi connectivity index (χ0n) is 16.4. The first-order valence-electron chi connectivity index (χ1n) is 9.12. The number of nitrogens with one attached hydrogen (secondary N) is 3. The zero-order valence-corrected chi connectivity index (χ0v) is 16.4. The standard InChI is InChI=1S/C22H24FN3O2/c1-13-17(16-9-6-10-18(23)20(16)24-13)12-19(27)25-15-8-5-7-14(11-15)21(28)26-22(2,3)4/h5-11,24H,12H2,1-4H3,(H,25,27)(H,26,28). The summed E-state index contributed by atoms with van der Waals surface area (Å²) in [7, 11) is 0. The van der Waals surface area contributed by atoms with E-state index in [1.807, 2.05) is 27.7 Å². The lowest BCUT2D eigenvalue weighted by Gasteiger charge is -2.20. The number of aryl methyl sites for hydroxylation is 1. The maximum absolute atomic E-state index is 13.9. The summed E-state index contributed by atoms with van der Waals surface area (Å²) in [6, 6.07) is 11.6. The first kappa shape index (κ1) is 19.6. The van der Waals surface area contributed by atoms with Gasteiger partial charge in [-0.3, -0.25) is 9.59 Å². The molecule has 5 nitrogen and oxygen atoms in total. The molecule has 0 aliphatic carbocycles. The second kappa shape index (κ2) is 7.46. The molecule has 0 unspecified atom stereocenters. The van der Waals surface area contributed by atoms with Crippen LogP contribution in [-0.4, -0.2) is 22.3 Å². The predicted octanol–water partition coefficient (Wildman–Crippen LogP) is 4.32. The molecule has 0 saturated heterocycles. The van der Waals surface area contributed by atoms with Crippen molar-refractivity contribution in [3.05, 3.63) is 65.1 Å². The van der Waals surface area contributed by atoms with Crippen molar-refractivity contribution in [3.63, 3.8) is 0 Å². The molecule has 0 saturated carbocycles. The third-order valence-electron chi connectivity index (χ3n) is 4.34. The highest BCUT2D eigenvalue weighted by Gasteiger charge is 2.17. The van der Waals surface area contributed by atoms with Gasteiger partial charge in [0.1, 0.15) is 5.82 Å². The number of H-pyrrole nitrogens is 1. The number of carbonyl (C=O) groups excluding carboxylic acids is 2. The Kier molecular flexibility index (Phi) is 5.23. The maximum atomic E-state index is 13.9. The van der Waals surface area contributed by atoms with Crippen molar-refractivity contribution in [2.45, 2.75) is 39.7 Å². The fourth-order valence-electron chi connectivity index (χ4n) is 3.11. The molecule has 3 rings (SSSR count). The third kappa shape index (κ3) is 4.39. The fraction of sp³-hybridized carbons (Fsp3) is 0.273. The minimum absolute atomic E-state index is 0.105. The molecule has 0 atom stereocenters. The summed E-state index contributed by atoms with van der Waals surface area (Å²) < 4.78 is 13.9. The molecule has 1 heterocycles. The average Bonchev–Trinajstić information content (AvgIpc) is 2.91. The second-order valence-electron chi connectivity index (χ2n) is 7.90. The van der Waals surface area contributed by atoms with E-state index in [-0.39, 0.29) is 29.6 Å². The Labute approximate surface area is 163 Å². The Morgan fingerprint density at radius 3 is 2.54 bits per heavy atom. The molecule has 1 aromatic heterocycles. The van der Waals surface area contributed by atoms with Crippen molar-refractivity contribution in [1.82, 2.24) is 10.3 Å². The van der Waals surface area contributed by atoms with Crippen LogP contribution in [-0.2, 0) is 11.2 Å². The minimum atomic E-state index is -0.349. The Morgan fingerprint density at radius 1 is 1.11 bits per heavy atom. The molecule has 146 valence electrons. The van der Waals surface area contributed by atoms with Crippen molar-refractivity contribution in [2.75, 3.05) is 5.32 Å². The van der Waals surface area contributed by atoms with E-state index in [1.54, 1.807) is 36.4 Å². The van der Waals surface area contributed by atoms with Crippen LogP contribution in [0.4, 0.5) is 10.1 Å². The Morgan fingerprint density at radius 2 is 1.82 bits per heavy atom. The number of hydrogen-bond donors (Lipinski definition) is 3. The van der Waals surface area contributed by atoms with E-state index in [2.05, 4.69) is 15.6 Å². The first-order valence-corrected chi connectivity index (χ1v) is 9.12. The third-order valence-corrected chi connectivity index (χ3v) is 4.34. The average molecular weight is 381 g/mol. The van der Waals surface area contributed by atoms with Crippen molar-refractivity contribution in [1.29, 1.82) is 0 Å². The molecule has 2 aromatic carbocycles. The largest absolute Gasteiger partial charge is 0.356 e. The quantitative estimate of drug-likeness (QED) is 0.629. The van der Waals surface area contributed by atoms with Gasteiger partial charge >= 0.3 is 0 Å². The SMILES string of the molecule is Cc1[nH]c2c(F)cccc2c1CC(=O)Nc1cccc(C(=O)NC(C)(C)C)c1. The molecular formula is C22H24FN3O2. The number of aromatic nitrogens is 1. The van der Waals surface area contributed by atoms with Crippen LogP contribution in [0.1, 0.15) is 42.4 Å². The smallest absolute Gasteiger partial charge is 0.251 e. The number of para-hydroxylation sites is 1. The van der Waals surface area contributed by atoms with Gasteiger partial charge < -0.3 is 15.6 Å². The number of benzene rings is 2. The molecule has 0 bridgehead atoms. The molecule has 0 spiro atoms. The van der Waals surface area contributed by atoms with Crippen LogP contribution in [0.25, 0.3) is 10.9 Å². The Bertz CT molecular complexity index is 1050. The van der Waals surface area contributed by atoms with Crippen LogP contribution in [0.2, 0.25) is 0 Å². The van der Waals surface area contributed by atoms with E-state index in [9.17, 15) is 14.0 Å². The summed E-state index contributed by atoms with van der Waals surface area (Å²) in [4.78, 5) is 27.9. The highest BCUT2D eigenvalue weighted by Crippen LogP contribution is 2.25. The lowest BCUT2D eigenvalue weighted by molar-refractivity contribution is -0.115. The van der Waals surface area contributed by atoms with Crippen molar-refractivity contribution in [3.8, 4) is 0 Å². The van der Waals surface area contributed by atoms with E-state index < -0.39 is 0 Å². The van der Waals surface area contributed by atoms with Gasteiger partial charge in [-0.15, -0.1) is 0 Å². The molecule has 3 aromatic rings. The molecule has 2 amide bonds. The van der Waals surface area contributed by atoms with Crippen LogP contribution >= 0.6 is 0 Å². The van der Waals surface area contributed by atoms with Gasteiger partial charge in [-0.2, -0.15) is 0 Å². The number of halogens is 1. The molecule has 0 aliphatic rings. The van der Waals surface area contributed by atoms with Gasteiger partial charge in [0.15, 0.2) is 0 Å². The molecule has 0 aliphatic heterocycles. The Balaban J connectivity index is 1.76. The van der Waals surface area contributed by atoms with E-state index in [4.69, 9.17) is 0 Å². The number of carbonyl (C=O) groups is 2. The number of anilines is 1. The minimum Gasteiger partial charge on any atom is -0.356 e. The summed E-state index contributed by atoms with van der Waals surface area (Å²) in [5.74, 6) is -0.780. The van der Waals surface area contributed by atoms with Crippen molar-refractivity contribution < 1.29 is 14.0 Å². The summed E-state index contributed by atoms with van der Waals surface area (Å²) in [5, 5.41) is 6.41. The second-order valence-corrected chi connectivity index (χ2v) is 7.90. The van der Waals surface area contributed by atoms with Crippen LogP contribution in [0.3, 0.4) is 0 Å². The van der Waals surface area contributed by atoms with E-state index >= 15 is 0 Å². The molecular weight excluding hydrogens is 357 g/mol. The molecule has 6 heteroatoms. The normalized spacial score (nSPS) is 11.5. The van der Waals surface area contributed by atoms with Gasteiger partial charge in [-0.25, -0.2) is 4.39 Å². The monoisotopic (exact) mass is 381 g/mol. The molecule has 0 radical (unpaired) electrons. The van der Waals surface area contributed by atoms with E-state index in [0.717, 1.165) is 11.3 Å². The zero-order chi connectivity index (χ0) is 20.5. The van der Waals surface area contributed by atoms with Crippen molar-refractivity contribution in [2.24, 2.45) is 0 Å². The van der Waals surface area contributed by atoms with Gasteiger partial charge in [0, 0.05) is 27.9 Å². The highest BCUT2D eigenvalue weighted by atomic mass is 19.1. The molecule has 28 heavy (non-hydrogen) atoms. The van der Waals surface area contributed by atoms with Gasteiger partial charge in [-0.05, 0) is 57.5 Å². The molecule has 3 N–H and O–H groups in total. The highest BCUT2D eigenvalue weighted by molar-refractivity contribution is 5.99. The van der Waals surface area contributed by atoms with Gasteiger partial charge in [0.25, 0.3) is 5.91 Å². The first-order chi connectivity index (χ1) is 13.1. The molecule has 0 fully saturated rings. The number of fused-ring (bicyclic) bond motifs is 1. The van der Waals surface area contributed by atoms with Crippen molar-refractivity contribution >= 4 is 28.4 Å². The van der Waals surface area contributed by atoms with Gasteiger partial charge in [0.2, 0.25) is 5.91 Å². The van der Waals surface area contributed by atoms with Crippen LogP contribution in [0.15, 0.2) is 42.5 Å². The lowest BCUT2D eigenvalue weighted by atomic mass is 10.1. The van der Waals surface area contributed by atoms with Gasteiger partial charge in [0.05, 0.1) is 11.9 Å². The number of rotatable bonds is 4. The topological polar surface area (TPSA) is 74.0 Å². The number of amides is 2. The van der Waals surface area contributed by atoms with Crippen LogP contribution in [0, 0.1) is 12.7 Å². The summed E-state index contributed by atoms with van der Waals surface area (Å²) >= 11 is 0. The lowest BCUT2D eigenvalue weighted by Crippen LogP contribution is -2.40. The number of hydrogen-bond acceptors (Lipinski definition) is 2. The number of aromatic amines is 1.